The van der Waals surface area contributed by atoms with Crippen LogP contribution in [0.3, 0.4) is 0 Å². The fourth-order valence-electron chi connectivity index (χ4n) is 2.86. The molecular weight excluding hydrogens is 286 g/mol. The minimum Gasteiger partial charge on any atom is -0.339 e. The molecule has 0 spiro atoms. The van der Waals surface area contributed by atoms with Crippen LogP contribution in [0, 0.1) is 0 Å². The molecule has 0 aliphatic heterocycles. The van der Waals surface area contributed by atoms with Gasteiger partial charge >= 0.3 is 0 Å². The Morgan fingerprint density at radius 2 is 2.00 bits per heavy atom. The Labute approximate surface area is 131 Å². The zero-order chi connectivity index (χ0) is 13.9. The maximum Gasteiger partial charge on any atom is 0.230 e. The van der Waals surface area contributed by atoms with Gasteiger partial charge in [0.15, 0.2) is 0 Å². The monoisotopic (exact) mass is 307 g/mol. The van der Waals surface area contributed by atoms with E-state index in [1.54, 1.807) is 0 Å². The molecule has 2 aromatic rings. The lowest BCUT2D eigenvalue weighted by Gasteiger charge is -2.23. The Balaban J connectivity index is 0.00000161. The highest BCUT2D eigenvalue weighted by atomic mass is 35.5. The average molecular weight is 308 g/mol. The molecular formula is C16H22ClN3O. The Morgan fingerprint density at radius 1 is 1.24 bits per heavy atom. The maximum atomic E-state index is 6.02. The van der Waals surface area contributed by atoms with E-state index in [-0.39, 0.29) is 18.4 Å². The Kier molecular flexibility index (Phi) is 5.37. The molecule has 1 saturated carbocycles. The molecule has 0 saturated heterocycles. The first kappa shape index (κ1) is 16.0. The quantitative estimate of drug-likeness (QED) is 0.939. The summed E-state index contributed by atoms with van der Waals surface area (Å²) >= 11 is 0. The molecule has 1 aliphatic rings. The van der Waals surface area contributed by atoms with Crippen LogP contribution in [0.5, 0.6) is 0 Å². The second-order valence-electron chi connectivity index (χ2n) is 5.63. The molecule has 1 aromatic carbocycles. The highest BCUT2D eigenvalue weighted by Gasteiger charge is 2.25. The highest BCUT2D eigenvalue weighted by Crippen LogP contribution is 2.32. The van der Waals surface area contributed by atoms with Crippen molar-refractivity contribution in [3.05, 3.63) is 35.7 Å². The normalized spacial score (nSPS) is 21.8. The molecule has 4 nitrogen and oxygen atoms in total. The fourth-order valence-corrected chi connectivity index (χ4v) is 2.86. The summed E-state index contributed by atoms with van der Waals surface area (Å²) in [6.07, 6.45) is 5.35. The first-order valence-corrected chi connectivity index (χ1v) is 7.44. The van der Waals surface area contributed by atoms with Crippen molar-refractivity contribution >= 4 is 12.4 Å². The fraction of sp³-hybridized carbons (Fsp3) is 0.500. The van der Waals surface area contributed by atoms with Crippen LogP contribution in [-0.2, 0) is 6.42 Å². The van der Waals surface area contributed by atoms with Gasteiger partial charge in [-0.25, -0.2) is 0 Å². The molecule has 1 aromatic heterocycles. The van der Waals surface area contributed by atoms with Crippen LogP contribution in [-0.4, -0.2) is 16.2 Å². The van der Waals surface area contributed by atoms with Crippen LogP contribution in [0.1, 0.15) is 50.0 Å². The van der Waals surface area contributed by atoms with Gasteiger partial charge in [-0.05, 0) is 31.2 Å². The molecule has 21 heavy (non-hydrogen) atoms. The first-order chi connectivity index (χ1) is 9.76. The lowest BCUT2D eigenvalue weighted by Crippen LogP contribution is -2.26. The van der Waals surface area contributed by atoms with E-state index in [1.165, 1.54) is 5.56 Å². The van der Waals surface area contributed by atoms with Crippen LogP contribution in [0.2, 0.25) is 0 Å². The van der Waals surface area contributed by atoms with Gasteiger partial charge in [0.25, 0.3) is 0 Å². The molecule has 0 radical (unpaired) electrons. The van der Waals surface area contributed by atoms with Crippen molar-refractivity contribution in [3.63, 3.8) is 0 Å². The van der Waals surface area contributed by atoms with E-state index in [4.69, 9.17) is 10.3 Å². The molecule has 2 N–H and O–H groups in total. The Hall–Kier alpha value is -1.39. The van der Waals surface area contributed by atoms with Gasteiger partial charge in [-0.2, -0.15) is 4.98 Å². The highest BCUT2D eigenvalue weighted by molar-refractivity contribution is 5.85. The van der Waals surface area contributed by atoms with Gasteiger partial charge < -0.3 is 10.3 Å². The van der Waals surface area contributed by atoms with Crippen molar-refractivity contribution in [2.75, 3.05) is 0 Å². The molecule has 1 aliphatic carbocycles. The van der Waals surface area contributed by atoms with E-state index in [9.17, 15) is 0 Å². The van der Waals surface area contributed by atoms with Gasteiger partial charge in [-0.3, -0.25) is 0 Å². The van der Waals surface area contributed by atoms with Crippen molar-refractivity contribution < 1.29 is 4.52 Å². The number of hydrogen-bond acceptors (Lipinski definition) is 4. The first-order valence-electron chi connectivity index (χ1n) is 7.44. The van der Waals surface area contributed by atoms with Gasteiger partial charge in [0, 0.05) is 17.5 Å². The van der Waals surface area contributed by atoms with Crippen molar-refractivity contribution in [1.82, 2.24) is 10.1 Å². The van der Waals surface area contributed by atoms with Crippen molar-refractivity contribution in [2.24, 2.45) is 5.73 Å². The summed E-state index contributed by atoms with van der Waals surface area (Å²) in [6.45, 7) is 2.15. The van der Waals surface area contributed by atoms with Crippen LogP contribution >= 0.6 is 12.4 Å². The number of hydrogen-bond donors (Lipinski definition) is 1. The SMILES string of the molecule is CCc1ccc(-c2noc(C3CCCC(N)C3)n2)cc1.Cl. The maximum absolute atomic E-state index is 6.02. The van der Waals surface area contributed by atoms with Crippen molar-refractivity contribution in [1.29, 1.82) is 0 Å². The van der Waals surface area contributed by atoms with Gasteiger partial charge in [0.2, 0.25) is 11.7 Å². The number of nitrogens with zero attached hydrogens (tertiary/aromatic N) is 2. The number of rotatable bonds is 3. The average Bonchev–Trinajstić information content (AvgIpc) is 2.97. The number of aromatic nitrogens is 2. The van der Waals surface area contributed by atoms with Crippen molar-refractivity contribution in [3.8, 4) is 11.4 Å². The lowest BCUT2D eigenvalue weighted by atomic mass is 9.86. The molecule has 0 bridgehead atoms. The molecule has 2 unspecified atom stereocenters. The number of benzene rings is 1. The van der Waals surface area contributed by atoms with Crippen LogP contribution in [0.4, 0.5) is 0 Å². The zero-order valence-electron chi connectivity index (χ0n) is 12.3. The van der Waals surface area contributed by atoms with Crippen LogP contribution in [0.15, 0.2) is 28.8 Å². The second-order valence-corrected chi connectivity index (χ2v) is 5.63. The van der Waals surface area contributed by atoms with E-state index in [2.05, 4.69) is 41.3 Å². The van der Waals surface area contributed by atoms with Gasteiger partial charge in [0.1, 0.15) is 0 Å². The van der Waals surface area contributed by atoms with Gasteiger partial charge in [-0.1, -0.05) is 42.8 Å². The summed E-state index contributed by atoms with van der Waals surface area (Å²) in [6, 6.07) is 8.61. The molecule has 2 atom stereocenters. The summed E-state index contributed by atoms with van der Waals surface area (Å²) in [7, 11) is 0. The summed E-state index contributed by atoms with van der Waals surface area (Å²) in [5, 5.41) is 4.12. The van der Waals surface area contributed by atoms with E-state index in [1.807, 2.05) is 0 Å². The van der Waals surface area contributed by atoms with E-state index >= 15 is 0 Å². The minimum absolute atomic E-state index is 0. The third-order valence-corrected chi connectivity index (χ3v) is 4.13. The number of halogens is 1. The summed E-state index contributed by atoms with van der Waals surface area (Å²) in [5.41, 5.74) is 8.35. The molecule has 114 valence electrons. The smallest absolute Gasteiger partial charge is 0.230 e. The lowest BCUT2D eigenvalue weighted by molar-refractivity contribution is 0.299. The van der Waals surface area contributed by atoms with E-state index in [0.717, 1.165) is 43.6 Å². The molecule has 1 heterocycles. The predicted octanol–water partition coefficient (Wildman–Crippen LogP) is 3.71. The molecule has 3 rings (SSSR count). The van der Waals surface area contributed by atoms with Crippen LogP contribution in [0.25, 0.3) is 11.4 Å². The summed E-state index contributed by atoms with van der Waals surface area (Å²) in [5.74, 6) is 1.76. The minimum atomic E-state index is 0. The topological polar surface area (TPSA) is 64.9 Å². The standard InChI is InChI=1S/C16H21N3O.ClH/c1-2-11-6-8-12(9-7-11)15-18-16(20-19-15)13-4-3-5-14(17)10-13;/h6-9,13-14H,2-5,10,17H2,1H3;1H. The van der Waals surface area contributed by atoms with Crippen molar-refractivity contribution in [2.45, 2.75) is 51.0 Å². The molecule has 0 amide bonds. The van der Waals surface area contributed by atoms with E-state index < -0.39 is 0 Å². The molecule has 5 heteroatoms. The summed E-state index contributed by atoms with van der Waals surface area (Å²) < 4.78 is 5.45. The molecule has 1 fully saturated rings. The second kappa shape index (κ2) is 7.05. The third-order valence-electron chi connectivity index (χ3n) is 4.13. The van der Waals surface area contributed by atoms with Crippen LogP contribution < -0.4 is 5.73 Å². The number of aryl methyl sites for hydroxylation is 1. The predicted molar refractivity (Wildman–Crippen MR) is 85.5 cm³/mol. The zero-order valence-corrected chi connectivity index (χ0v) is 13.1. The van der Waals surface area contributed by atoms with Gasteiger partial charge in [0.05, 0.1) is 0 Å². The van der Waals surface area contributed by atoms with E-state index in [0.29, 0.717) is 11.7 Å². The Bertz CT molecular complexity index is 567. The largest absolute Gasteiger partial charge is 0.339 e. The number of nitrogens with two attached hydrogens (primary N) is 1. The summed E-state index contributed by atoms with van der Waals surface area (Å²) in [4.78, 5) is 4.56. The Morgan fingerprint density at radius 3 is 2.67 bits per heavy atom. The third kappa shape index (κ3) is 3.63. The van der Waals surface area contributed by atoms with Gasteiger partial charge in [-0.15, -0.1) is 12.4 Å².